The molecule has 0 aliphatic heterocycles. The third kappa shape index (κ3) is 6.76. The van der Waals surface area contributed by atoms with Crippen molar-refractivity contribution in [1.82, 2.24) is 0 Å². The van der Waals surface area contributed by atoms with Crippen molar-refractivity contribution in [2.45, 2.75) is 13.0 Å². The van der Waals surface area contributed by atoms with Crippen LogP contribution in [0.2, 0.25) is 10.0 Å². The van der Waals surface area contributed by atoms with E-state index in [1.807, 2.05) is 0 Å². The van der Waals surface area contributed by atoms with Gasteiger partial charge in [-0.3, -0.25) is 0 Å². The molecule has 0 aliphatic rings. The molecule has 0 fully saturated rings. The molecule has 0 N–H and O–H groups in total. The minimum absolute atomic E-state index is 0.0403. The molecule has 0 amide bonds. The van der Waals surface area contributed by atoms with Crippen LogP contribution in [0.5, 0.6) is 5.75 Å². The molecule has 124 valence electrons. The lowest BCUT2D eigenvalue weighted by Gasteiger charge is -2.18. The summed E-state index contributed by atoms with van der Waals surface area (Å²) < 4.78 is 15.5. The highest BCUT2D eigenvalue weighted by Crippen LogP contribution is 2.26. The van der Waals surface area contributed by atoms with Gasteiger partial charge >= 0.3 is 11.9 Å². The van der Waals surface area contributed by atoms with E-state index in [0.717, 1.165) is 6.08 Å². The molecule has 1 aromatic rings. The summed E-state index contributed by atoms with van der Waals surface area (Å²) in [6.07, 6.45) is 0.204. The number of rotatable bonds is 8. The summed E-state index contributed by atoms with van der Waals surface area (Å²) >= 11 is 11.7. The molecule has 7 heteroatoms. The summed E-state index contributed by atoms with van der Waals surface area (Å²) in [5, 5.41) is 0.724. The number of halogens is 2. The molecule has 5 nitrogen and oxygen atoms in total. The Morgan fingerprint density at radius 3 is 2.52 bits per heavy atom. The van der Waals surface area contributed by atoms with Crippen molar-refractivity contribution in [3.8, 4) is 5.75 Å². The van der Waals surface area contributed by atoms with Crippen molar-refractivity contribution in [2.75, 3.05) is 13.2 Å². The Kier molecular flexibility index (Phi) is 7.65. The predicted octanol–water partition coefficient (Wildman–Crippen LogP) is 3.59. The van der Waals surface area contributed by atoms with Crippen LogP contribution in [0.4, 0.5) is 0 Å². The van der Waals surface area contributed by atoms with Gasteiger partial charge in [0.15, 0.2) is 6.10 Å². The molecule has 23 heavy (non-hydrogen) atoms. The molecule has 0 spiro atoms. The number of esters is 2. The highest BCUT2D eigenvalue weighted by atomic mass is 35.5. The lowest BCUT2D eigenvalue weighted by molar-refractivity contribution is -0.155. The van der Waals surface area contributed by atoms with Gasteiger partial charge in [-0.2, -0.15) is 0 Å². The monoisotopic (exact) mass is 358 g/mol. The summed E-state index contributed by atoms with van der Waals surface area (Å²) in [6, 6.07) is 4.71. The van der Waals surface area contributed by atoms with Crippen LogP contribution in [0.1, 0.15) is 6.92 Å². The number of ether oxygens (including phenoxy) is 3. The summed E-state index contributed by atoms with van der Waals surface area (Å²) in [7, 11) is 0. The molecule has 0 saturated carbocycles. The molecule has 0 radical (unpaired) electrons. The topological polar surface area (TPSA) is 61.8 Å². The van der Waals surface area contributed by atoms with E-state index in [-0.39, 0.29) is 18.8 Å². The second kappa shape index (κ2) is 9.22. The van der Waals surface area contributed by atoms with E-state index in [1.54, 1.807) is 12.1 Å². The fourth-order valence-corrected chi connectivity index (χ4v) is 1.65. The van der Waals surface area contributed by atoms with E-state index < -0.39 is 18.0 Å². The molecule has 1 rings (SSSR count). The minimum Gasteiger partial charge on any atom is -0.490 e. The van der Waals surface area contributed by atoms with Gasteiger partial charge in [-0.15, -0.1) is 0 Å². The maximum Gasteiger partial charge on any atom is 0.333 e. The largest absolute Gasteiger partial charge is 0.490 e. The van der Waals surface area contributed by atoms with Crippen molar-refractivity contribution in [3.63, 3.8) is 0 Å². The smallest absolute Gasteiger partial charge is 0.333 e. The minimum atomic E-state index is -0.808. The van der Waals surface area contributed by atoms with E-state index in [1.165, 1.54) is 13.0 Å². The van der Waals surface area contributed by atoms with E-state index in [9.17, 15) is 9.59 Å². The maximum atomic E-state index is 11.6. The van der Waals surface area contributed by atoms with Crippen molar-refractivity contribution < 1.29 is 23.8 Å². The molecule has 0 bridgehead atoms. The maximum absolute atomic E-state index is 11.6. The third-order valence-electron chi connectivity index (χ3n) is 2.53. The van der Waals surface area contributed by atoms with Crippen LogP contribution in [-0.2, 0) is 19.1 Å². The summed E-state index contributed by atoms with van der Waals surface area (Å²) in [6.45, 7) is 8.07. The number of hydrogen-bond donors (Lipinski definition) is 0. The number of carbonyl (C=O) groups is 2. The molecule has 0 aliphatic carbocycles. The average Bonchev–Trinajstić information content (AvgIpc) is 2.52. The van der Waals surface area contributed by atoms with Gasteiger partial charge in [-0.25, -0.2) is 9.59 Å². The van der Waals surface area contributed by atoms with E-state index in [4.69, 9.17) is 37.4 Å². The summed E-state index contributed by atoms with van der Waals surface area (Å²) in [4.78, 5) is 22.7. The van der Waals surface area contributed by atoms with Gasteiger partial charge in [0, 0.05) is 17.7 Å². The van der Waals surface area contributed by atoms with Gasteiger partial charge in [0.1, 0.15) is 19.0 Å². The number of benzene rings is 1. The first-order chi connectivity index (χ1) is 10.8. The Morgan fingerprint density at radius 2 is 1.96 bits per heavy atom. The Hall–Kier alpha value is -1.98. The zero-order valence-electron chi connectivity index (χ0n) is 12.5. The van der Waals surface area contributed by atoms with Crippen molar-refractivity contribution in [2.24, 2.45) is 0 Å². The summed E-state index contributed by atoms with van der Waals surface area (Å²) in [5.41, 5.74) is 0.222. The second-order valence-electron chi connectivity index (χ2n) is 4.53. The van der Waals surface area contributed by atoms with Gasteiger partial charge in [-0.1, -0.05) is 36.4 Å². The van der Waals surface area contributed by atoms with E-state index in [2.05, 4.69) is 13.2 Å². The molecule has 1 unspecified atom stereocenters. The van der Waals surface area contributed by atoms with Crippen LogP contribution in [-0.4, -0.2) is 31.3 Å². The van der Waals surface area contributed by atoms with Crippen molar-refractivity contribution in [3.05, 3.63) is 53.1 Å². The van der Waals surface area contributed by atoms with Gasteiger partial charge in [0.25, 0.3) is 0 Å². The van der Waals surface area contributed by atoms with Crippen LogP contribution in [0.15, 0.2) is 43.0 Å². The first-order valence-corrected chi connectivity index (χ1v) is 7.32. The Balaban J connectivity index is 2.68. The molecule has 0 saturated heterocycles. The number of carbonyl (C=O) groups excluding carboxylic acids is 2. The molecule has 0 heterocycles. The molecular weight excluding hydrogens is 343 g/mol. The van der Waals surface area contributed by atoms with E-state index in [0.29, 0.717) is 15.8 Å². The zero-order chi connectivity index (χ0) is 17.4. The molecule has 1 aromatic carbocycles. The molecule has 0 aromatic heterocycles. The van der Waals surface area contributed by atoms with Crippen molar-refractivity contribution in [1.29, 1.82) is 0 Å². The first kappa shape index (κ1) is 19.1. The molecule has 1 atom stereocenters. The Morgan fingerprint density at radius 1 is 1.26 bits per heavy atom. The van der Waals surface area contributed by atoms with Crippen LogP contribution < -0.4 is 4.74 Å². The summed E-state index contributed by atoms with van der Waals surface area (Å²) in [5.74, 6) is -0.802. The fourth-order valence-electron chi connectivity index (χ4n) is 1.36. The molecular formula is C16H16Cl2O5. The quantitative estimate of drug-likeness (QED) is 0.524. The van der Waals surface area contributed by atoms with E-state index >= 15 is 0 Å². The standard InChI is InChI=1S/C16H16Cl2O5/c1-4-15(19)22-9-12(23-16(20)10(2)3)8-21-11-5-6-13(17)14(18)7-11/h4-7,12H,1-2,8-9H2,3H3. The zero-order valence-corrected chi connectivity index (χ0v) is 14.0. The van der Waals surface area contributed by atoms with Crippen LogP contribution in [0, 0.1) is 0 Å². The lowest BCUT2D eigenvalue weighted by Crippen LogP contribution is -2.31. The Labute approximate surface area is 144 Å². The predicted molar refractivity (Wildman–Crippen MR) is 87.8 cm³/mol. The van der Waals surface area contributed by atoms with Crippen LogP contribution in [0.25, 0.3) is 0 Å². The van der Waals surface area contributed by atoms with Crippen LogP contribution >= 0.6 is 23.2 Å². The van der Waals surface area contributed by atoms with Gasteiger partial charge in [-0.05, 0) is 19.1 Å². The highest BCUT2D eigenvalue weighted by molar-refractivity contribution is 6.42. The fraction of sp³-hybridized carbons (Fsp3) is 0.250. The second-order valence-corrected chi connectivity index (χ2v) is 5.34. The SMILES string of the molecule is C=CC(=O)OCC(COc1ccc(Cl)c(Cl)c1)OC(=O)C(=C)C. The number of hydrogen-bond acceptors (Lipinski definition) is 5. The van der Waals surface area contributed by atoms with Crippen LogP contribution in [0.3, 0.4) is 0 Å². The lowest BCUT2D eigenvalue weighted by atomic mass is 10.3. The average molecular weight is 359 g/mol. The third-order valence-corrected chi connectivity index (χ3v) is 3.27. The Bertz CT molecular complexity index is 612. The van der Waals surface area contributed by atoms with Gasteiger partial charge in [0.05, 0.1) is 10.0 Å². The van der Waals surface area contributed by atoms with Gasteiger partial charge in [0.2, 0.25) is 0 Å². The first-order valence-electron chi connectivity index (χ1n) is 6.57. The normalized spacial score (nSPS) is 11.3. The van der Waals surface area contributed by atoms with Crippen molar-refractivity contribution >= 4 is 35.1 Å². The van der Waals surface area contributed by atoms with Gasteiger partial charge < -0.3 is 14.2 Å². The highest BCUT2D eigenvalue weighted by Gasteiger charge is 2.18.